The van der Waals surface area contributed by atoms with Gasteiger partial charge < -0.3 is 19.3 Å². The maximum atomic E-state index is 13.2. The second kappa shape index (κ2) is 6.69. The minimum absolute atomic E-state index is 0.109. The van der Waals surface area contributed by atoms with Crippen molar-refractivity contribution < 1.29 is 33.7 Å². The predicted octanol–water partition coefficient (Wildman–Crippen LogP) is 2.24. The first-order valence-electron chi connectivity index (χ1n) is 10.8. The van der Waals surface area contributed by atoms with Gasteiger partial charge in [0.1, 0.15) is 5.60 Å². The van der Waals surface area contributed by atoms with E-state index in [0.29, 0.717) is 25.2 Å². The molecule has 1 heterocycles. The summed E-state index contributed by atoms with van der Waals surface area (Å²) in [6, 6.07) is 0. The minimum atomic E-state index is -1.17. The van der Waals surface area contributed by atoms with Crippen molar-refractivity contribution in [3.05, 3.63) is 0 Å². The number of carbonyl (C=O) groups excluding carboxylic acids is 3. The van der Waals surface area contributed by atoms with Crippen LogP contribution in [0.15, 0.2) is 0 Å². The van der Waals surface area contributed by atoms with Crippen molar-refractivity contribution in [2.45, 2.75) is 71.0 Å². The molecule has 0 aromatic heterocycles. The highest BCUT2D eigenvalue weighted by Gasteiger charge is 2.82. The fourth-order valence-electron chi connectivity index (χ4n) is 7.61. The third-order valence-electron chi connectivity index (χ3n) is 8.54. The Kier molecular flexibility index (Phi) is 4.76. The number of methoxy groups -OCH3 is 1. The minimum Gasteiger partial charge on any atom is -0.469 e. The molecule has 1 aliphatic heterocycles. The number of aliphatic hydroxyl groups excluding tert-OH is 1. The Balaban J connectivity index is 1.91. The lowest BCUT2D eigenvalue weighted by molar-refractivity contribution is -0.168. The van der Waals surface area contributed by atoms with E-state index in [1.165, 1.54) is 7.11 Å². The van der Waals surface area contributed by atoms with Crippen molar-refractivity contribution in [2.75, 3.05) is 13.7 Å². The van der Waals surface area contributed by atoms with Crippen LogP contribution < -0.4 is 0 Å². The summed E-state index contributed by atoms with van der Waals surface area (Å²) < 4.78 is 16.6. The Morgan fingerprint density at radius 1 is 1.28 bits per heavy atom. The summed E-state index contributed by atoms with van der Waals surface area (Å²) >= 11 is 0. The van der Waals surface area contributed by atoms with E-state index in [0.717, 1.165) is 12.8 Å². The van der Waals surface area contributed by atoms with E-state index in [1.54, 1.807) is 13.8 Å². The van der Waals surface area contributed by atoms with Crippen molar-refractivity contribution in [3.8, 4) is 0 Å². The fraction of sp³-hybridized carbons (Fsp3) is 0.864. The van der Waals surface area contributed by atoms with E-state index in [4.69, 9.17) is 14.2 Å². The number of esters is 3. The maximum absolute atomic E-state index is 13.2. The van der Waals surface area contributed by atoms with Crippen molar-refractivity contribution in [1.29, 1.82) is 0 Å². The fourth-order valence-corrected chi connectivity index (χ4v) is 7.61. The van der Waals surface area contributed by atoms with E-state index in [9.17, 15) is 19.5 Å². The van der Waals surface area contributed by atoms with Crippen molar-refractivity contribution in [1.82, 2.24) is 0 Å². The molecule has 1 N–H and O–H groups in total. The van der Waals surface area contributed by atoms with Crippen molar-refractivity contribution >= 4 is 17.9 Å². The second-order valence-electron chi connectivity index (χ2n) is 9.81. The van der Waals surface area contributed by atoms with E-state index in [-0.39, 0.29) is 24.9 Å². The monoisotopic (exact) mass is 408 g/mol. The van der Waals surface area contributed by atoms with Gasteiger partial charge in [0.2, 0.25) is 0 Å². The highest BCUT2D eigenvalue weighted by Crippen LogP contribution is 2.75. The Labute approximate surface area is 171 Å². The molecule has 0 aromatic rings. The van der Waals surface area contributed by atoms with Gasteiger partial charge in [-0.05, 0) is 45.4 Å². The van der Waals surface area contributed by atoms with Gasteiger partial charge in [-0.25, -0.2) is 0 Å². The van der Waals surface area contributed by atoms with E-state index in [1.807, 2.05) is 0 Å². The molecule has 7 nitrogen and oxygen atoms in total. The normalized spacial score (nSPS) is 47.8. The lowest BCUT2D eigenvalue weighted by Crippen LogP contribution is -2.53. The predicted molar refractivity (Wildman–Crippen MR) is 101 cm³/mol. The highest BCUT2D eigenvalue weighted by atomic mass is 16.6. The van der Waals surface area contributed by atoms with Crippen LogP contribution in [0.1, 0.15) is 59.3 Å². The van der Waals surface area contributed by atoms with Crippen molar-refractivity contribution in [3.63, 3.8) is 0 Å². The summed E-state index contributed by atoms with van der Waals surface area (Å²) in [7, 11) is 1.35. The first kappa shape index (κ1) is 20.6. The lowest BCUT2D eigenvalue weighted by atomic mass is 9.57. The Bertz CT molecular complexity index is 735. The first-order chi connectivity index (χ1) is 13.7. The lowest BCUT2D eigenvalue weighted by Gasteiger charge is -2.47. The summed E-state index contributed by atoms with van der Waals surface area (Å²) in [5.74, 6) is -2.15. The molecule has 29 heavy (non-hydrogen) atoms. The molecule has 3 aliphatic carbocycles. The smallest absolute Gasteiger partial charge is 0.315 e. The van der Waals surface area contributed by atoms with E-state index < -0.39 is 46.3 Å². The van der Waals surface area contributed by atoms with Crippen molar-refractivity contribution in [2.24, 2.45) is 34.5 Å². The molecule has 2 bridgehead atoms. The molecule has 0 spiro atoms. The number of carbonyl (C=O) groups is 3. The molecule has 4 fully saturated rings. The summed E-state index contributed by atoms with van der Waals surface area (Å²) in [5, 5.41) is 10.8. The van der Waals surface area contributed by atoms with Gasteiger partial charge in [0.25, 0.3) is 0 Å². The molecule has 1 saturated heterocycles. The van der Waals surface area contributed by atoms with Gasteiger partial charge in [0, 0.05) is 17.3 Å². The average molecular weight is 408 g/mol. The standard InChI is InChI=1S/C22H32O7/c1-5-28-15(24)11-21-10-12(2)6-7-13(21)22-9-8-14(23)20(3,19(26)29-22)17(22)16(21)18(25)27-4/h12-14,16-17,23H,5-11H2,1-4H3. The molecule has 8 unspecified atom stereocenters. The molecule has 162 valence electrons. The van der Waals surface area contributed by atoms with Crippen LogP contribution in [0.4, 0.5) is 0 Å². The number of hydrogen-bond acceptors (Lipinski definition) is 7. The largest absolute Gasteiger partial charge is 0.469 e. The van der Waals surface area contributed by atoms with Gasteiger partial charge in [-0.2, -0.15) is 0 Å². The topological polar surface area (TPSA) is 99.1 Å². The van der Waals surface area contributed by atoms with Crippen LogP contribution >= 0.6 is 0 Å². The third-order valence-corrected chi connectivity index (χ3v) is 8.54. The molecule has 4 rings (SSSR count). The van der Waals surface area contributed by atoms with Crippen LogP contribution in [-0.4, -0.2) is 48.4 Å². The number of aliphatic hydroxyl groups is 1. The first-order valence-corrected chi connectivity index (χ1v) is 10.8. The van der Waals surface area contributed by atoms with Gasteiger partial charge in [0.05, 0.1) is 37.6 Å². The molecule has 0 aromatic carbocycles. The maximum Gasteiger partial charge on any atom is 0.315 e. The number of rotatable bonds is 4. The molecular formula is C22H32O7. The Hall–Kier alpha value is -1.63. The zero-order valence-corrected chi connectivity index (χ0v) is 17.7. The zero-order valence-electron chi connectivity index (χ0n) is 17.7. The number of hydrogen-bond donors (Lipinski definition) is 1. The van der Waals surface area contributed by atoms with Crippen LogP contribution in [-0.2, 0) is 28.6 Å². The third kappa shape index (κ3) is 2.49. The quantitative estimate of drug-likeness (QED) is 0.562. The van der Waals surface area contributed by atoms with Crippen LogP contribution in [0.2, 0.25) is 0 Å². The number of ether oxygens (including phenoxy) is 3. The summed E-state index contributed by atoms with van der Waals surface area (Å²) in [4.78, 5) is 38.9. The van der Waals surface area contributed by atoms with E-state index in [2.05, 4.69) is 6.92 Å². The zero-order chi connectivity index (χ0) is 21.2. The SMILES string of the molecule is CCOC(=O)CC12CC(C)CCC1C13CCC(O)C(C)(C(=O)O1)C3C2C(=O)OC. The second-order valence-corrected chi connectivity index (χ2v) is 9.81. The summed E-state index contributed by atoms with van der Waals surface area (Å²) in [6.45, 7) is 5.90. The van der Waals surface area contributed by atoms with Gasteiger partial charge in [-0.15, -0.1) is 0 Å². The number of fused-ring (bicyclic) bond motifs is 1. The molecule has 7 heteroatoms. The molecule has 0 amide bonds. The van der Waals surface area contributed by atoms with Gasteiger partial charge >= 0.3 is 17.9 Å². The van der Waals surface area contributed by atoms with Gasteiger partial charge in [0.15, 0.2) is 0 Å². The van der Waals surface area contributed by atoms with Gasteiger partial charge in [-0.3, -0.25) is 14.4 Å². The van der Waals surface area contributed by atoms with Crippen LogP contribution in [0.25, 0.3) is 0 Å². The van der Waals surface area contributed by atoms with Crippen LogP contribution in [0.3, 0.4) is 0 Å². The van der Waals surface area contributed by atoms with Crippen LogP contribution in [0, 0.1) is 34.5 Å². The molecule has 0 radical (unpaired) electrons. The molecular weight excluding hydrogens is 376 g/mol. The van der Waals surface area contributed by atoms with Gasteiger partial charge in [-0.1, -0.05) is 13.3 Å². The average Bonchev–Trinajstić information content (AvgIpc) is 2.99. The highest BCUT2D eigenvalue weighted by molar-refractivity contribution is 5.86. The molecule has 3 saturated carbocycles. The summed E-state index contributed by atoms with van der Waals surface area (Å²) in [6.07, 6.45) is 2.61. The molecule has 8 atom stereocenters. The Morgan fingerprint density at radius 3 is 2.66 bits per heavy atom. The Morgan fingerprint density at radius 2 is 2.00 bits per heavy atom. The van der Waals surface area contributed by atoms with E-state index >= 15 is 0 Å². The summed E-state index contributed by atoms with van der Waals surface area (Å²) in [5.41, 5.74) is -2.68. The van der Waals surface area contributed by atoms with Crippen LogP contribution in [0.5, 0.6) is 0 Å². The molecule has 4 aliphatic rings.